The van der Waals surface area contributed by atoms with E-state index in [2.05, 4.69) is 25.4 Å². The Morgan fingerprint density at radius 2 is 2.00 bits per heavy atom. The molecule has 0 amide bonds. The number of para-hydroxylation sites is 1. The molecule has 7 nitrogen and oxygen atoms in total. The van der Waals surface area contributed by atoms with Gasteiger partial charge in [-0.15, -0.1) is 0 Å². The number of aromatic hydroxyl groups is 1. The van der Waals surface area contributed by atoms with Crippen molar-refractivity contribution < 1.29 is 5.11 Å². The third kappa shape index (κ3) is 3.09. The van der Waals surface area contributed by atoms with Crippen LogP contribution in [-0.4, -0.2) is 29.8 Å². The highest BCUT2D eigenvalue weighted by molar-refractivity contribution is 6.28. The van der Waals surface area contributed by atoms with Gasteiger partial charge in [0, 0.05) is 24.5 Å². The van der Waals surface area contributed by atoms with Crippen LogP contribution in [0.5, 0.6) is 5.75 Å². The number of benzene rings is 1. The van der Waals surface area contributed by atoms with E-state index in [9.17, 15) is 5.11 Å². The van der Waals surface area contributed by atoms with E-state index in [1.807, 2.05) is 6.07 Å². The standard InChI is InChI=1S/C13H11ClN6O/c14-11-17-12(15-8-9-4-1-2-5-10(9)21)19-13(18-11)20-7-3-6-16-20/h1-7,21H,8H2,(H,15,17,18,19). The van der Waals surface area contributed by atoms with Crippen molar-refractivity contribution in [3.63, 3.8) is 0 Å². The number of hydrogen-bond donors (Lipinski definition) is 2. The maximum atomic E-state index is 9.71. The number of phenols is 1. The van der Waals surface area contributed by atoms with Gasteiger partial charge in [0.05, 0.1) is 0 Å². The number of nitrogens with one attached hydrogen (secondary N) is 1. The van der Waals surface area contributed by atoms with Gasteiger partial charge < -0.3 is 10.4 Å². The molecule has 1 aromatic carbocycles. The summed E-state index contributed by atoms with van der Waals surface area (Å²) in [5.74, 6) is 0.834. The molecule has 0 unspecified atom stereocenters. The Morgan fingerprint density at radius 3 is 2.76 bits per heavy atom. The van der Waals surface area contributed by atoms with E-state index in [-0.39, 0.29) is 11.0 Å². The lowest BCUT2D eigenvalue weighted by atomic mass is 10.2. The van der Waals surface area contributed by atoms with E-state index >= 15 is 0 Å². The normalized spacial score (nSPS) is 10.5. The zero-order valence-electron chi connectivity index (χ0n) is 10.8. The molecule has 2 aromatic heterocycles. The summed E-state index contributed by atoms with van der Waals surface area (Å²) in [5.41, 5.74) is 0.731. The van der Waals surface area contributed by atoms with Crippen molar-refractivity contribution in [2.75, 3.05) is 5.32 Å². The molecule has 3 aromatic rings. The molecular weight excluding hydrogens is 292 g/mol. The highest BCUT2D eigenvalue weighted by Gasteiger charge is 2.07. The zero-order chi connectivity index (χ0) is 14.7. The lowest BCUT2D eigenvalue weighted by Gasteiger charge is -2.08. The molecule has 0 aliphatic carbocycles. The third-order valence-corrected chi connectivity index (χ3v) is 2.90. The highest BCUT2D eigenvalue weighted by Crippen LogP contribution is 2.17. The van der Waals surface area contributed by atoms with Crippen LogP contribution in [0.2, 0.25) is 5.28 Å². The van der Waals surface area contributed by atoms with Gasteiger partial charge in [-0.3, -0.25) is 0 Å². The lowest BCUT2D eigenvalue weighted by molar-refractivity contribution is 0.469. The predicted molar refractivity (Wildman–Crippen MR) is 77.4 cm³/mol. The van der Waals surface area contributed by atoms with E-state index < -0.39 is 0 Å². The molecule has 0 aliphatic rings. The number of aromatic nitrogens is 5. The summed E-state index contributed by atoms with van der Waals surface area (Å²) in [6.45, 7) is 0.367. The molecule has 2 N–H and O–H groups in total. The van der Waals surface area contributed by atoms with Crippen molar-refractivity contribution in [3.05, 3.63) is 53.6 Å². The summed E-state index contributed by atoms with van der Waals surface area (Å²) in [4.78, 5) is 12.2. The fraction of sp³-hybridized carbons (Fsp3) is 0.0769. The first-order valence-corrected chi connectivity index (χ1v) is 6.52. The monoisotopic (exact) mass is 302 g/mol. The molecule has 0 saturated carbocycles. The van der Waals surface area contributed by atoms with Crippen molar-refractivity contribution in [1.82, 2.24) is 24.7 Å². The quantitative estimate of drug-likeness (QED) is 0.766. The van der Waals surface area contributed by atoms with E-state index in [4.69, 9.17) is 11.6 Å². The maximum absolute atomic E-state index is 9.71. The Hall–Kier alpha value is -2.67. The fourth-order valence-electron chi connectivity index (χ4n) is 1.74. The second-order valence-electron chi connectivity index (χ2n) is 4.16. The molecule has 3 rings (SSSR count). The van der Waals surface area contributed by atoms with Crippen LogP contribution < -0.4 is 5.32 Å². The molecule has 0 fully saturated rings. The summed E-state index contributed by atoms with van der Waals surface area (Å²) in [6.07, 6.45) is 3.32. The van der Waals surface area contributed by atoms with Crippen molar-refractivity contribution in [3.8, 4) is 11.7 Å². The molecule has 0 spiro atoms. The summed E-state index contributed by atoms with van der Waals surface area (Å²) in [7, 11) is 0. The number of hydrogen-bond acceptors (Lipinski definition) is 6. The Balaban J connectivity index is 1.81. The first kappa shape index (κ1) is 13.3. The van der Waals surface area contributed by atoms with Gasteiger partial charge in [0.15, 0.2) is 0 Å². The van der Waals surface area contributed by atoms with Gasteiger partial charge in [0.2, 0.25) is 11.2 Å². The zero-order valence-corrected chi connectivity index (χ0v) is 11.6. The smallest absolute Gasteiger partial charge is 0.256 e. The van der Waals surface area contributed by atoms with Crippen LogP contribution in [0.3, 0.4) is 0 Å². The Bertz CT molecular complexity index is 746. The number of phenolic OH excluding ortho intramolecular Hbond substituents is 1. The van der Waals surface area contributed by atoms with E-state index in [0.29, 0.717) is 18.4 Å². The van der Waals surface area contributed by atoms with Crippen molar-refractivity contribution >= 4 is 17.5 Å². The number of halogens is 1. The van der Waals surface area contributed by atoms with Gasteiger partial charge in [0.1, 0.15) is 5.75 Å². The van der Waals surface area contributed by atoms with Crippen LogP contribution in [0, 0.1) is 0 Å². The van der Waals surface area contributed by atoms with Gasteiger partial charge >= 0.3 is 0 Å². The number of nitrogens with zero attached hydrogens (tertiary/aromatic N) is 5. The van der Waals surface area contributed by atoms with E-state index in [1.54, 1.807) is 36.7 Å². The SMILES string of the molecule is Oc1ccccc1CNc1nc(Cl)nc(-n2cccn2)n1. The topological polar surface area (TPSA) is 88.8 Å². The highest BCUT2D eigenvalue weighted by atomic mass is 35.5. The van der Waals surface area contributed by atoms with Crippen LogP contribution in [0.25, 0.3) is 5.95 Å². The van der Waals surface area contributed by atoms with Crippen LogP contribution in [0.4, 0.5) is 5.95 Å². The maximum Gasteiger partial charge on any atom is 0.256 e. The Labute approximate surface area is 125 Å². The molecule has 106 valence electrons. The Kier molecular flexibility index (Phi) is 3.65. The first-order chi connectivity index (χ1) is 10.2. The molecule has 0 radical (unpaired) electrons. The number of anilines is 1. The summed E-state index contributed by atoms with van der Waals surface area (Å²) in [6, 6.07) is 8.78. The van der Waals surface area contributed by atoms with Gasteiger partial charge in [-0.05, 0) is 23.7 Å². The third-order valence-electron chi connectivity index (χ3n) is 2.73. The molecule has 2 heterocycles. The minimum atomic E-state index is 0.0651. The largest absolute Gasteiger partial charge is 0.508 e. The number of rotatable bonds is 4. The van der Waals surface area contributed by atoms with Gasteiger partial charge in [-0.25, -0.2) is 4.68 Å². The van der Waals surface area contributed by atoms with Gasteiger partial charge in [0.25, 0.3) is 5.95 Å². The summed E-state index contributed by atoms with van der Waals surface area (Å²) < 4.78 is 1.48. The summed E-state index contributed by atoms with van der Waals surface area (Å²) in [5, 5.41) is 16.8. The first-order valence-electron chi connectivity index (χ1n) is 6.15. The molecule has 8 heteroatoms. The van der Waals surface area contributed by atoms with Crippen molar-refractivity contribution in [2.24, 2.45) is 0 Å². The lowest BCUT2D eigenvalue weighted by Crippen LogP contribution is -2.09. The van der Waals surface area contributed by atoms with Gasteiger partial charge in [-0.2, -0.15) is 20.1 Å². The molecule has 21 heavy (non-hydrogen) atoms. The molecule has 0 aliphatic heterocycles. The van der Waals surface area contributed by atoms with Crippen LogP contribution in [-0.2, 0) is 6.54 Å². The predicted octanol–water partition coefficient (Wildman–Crippen LogP) is 2.03. The molecule has 0 atom stereocenters. The Morgan fingerprint density at radius 1 is 1.14 bits per heavy atom. The second kappa shape index (κ2) is 5.76. The summed E-state index contributed by atoms with van der Waals surface area (Å²) >= 11 is 5.89. The average Bonchev–Trinajstić information content (AvgIpc) is 3.00. The van der Waals surface area contributed by atoms with Crippen molar-refractivity contribution in [2.45, 2.75) is 6.54 Å². The van der Waals surface area contributed by atoms with Crippen LogP contribution in [0.1, 0.15) is 5.56 Å². The van der Waals surface area contributed by atoms with Crippen LogP contribution in [0.15, 0.2) is 42.7 Å². The molecule has 0 saturated heterocycles. The van der Waals surface area contributed by atoms with Gasteiger partial charge in [-0.1, -0.05) is 18.2 Å². The minimum absolute atomic E-state index is 0.0651. The fourth-order valence-corrected chi connectivity index (χ4v) is 1.90. The molecule has 0 bridgehead atoms. The van der Waals surface area contributed by atoms with Crippen molar-refractivity contribution in [1.29, 1.82) is 0 Å². The van der Waals surface area contributed by atoms with Crippen LogP contribution >= 0.6 is 11.6 Å². The van der Waals surface area contributed by atoms with E-state index in [1.165, 1.54) is 4.68 Å². The molecular formula is C13H11ClN6O. The van der Waals surface area contributed by atoms with E-state index in [0.717, 1.165) is 5.56 Å². The minimum Gasteiger partial charge on any atom is -0.508 e. The average molecular weight is 303 g/mol. The second-order valence-corrected chi connectivity index (χ2v) is 4.50.